The number of carbonyl (C=O) groups is 1. The average molecular weight is 376 g/mol. The first-order chi connectivity index (χ1) is 13.2. The third-order valence-electron chi connectivity index (χ3n) is 3.93. The molecule has 0 aliphatic rings. The molecule has 1 unspecified atom stereocenters. The molecule has 0 saturated heterocycles. The zero-order valence-corrected chi connectivity index (χ0v) is 16.0. The van der Waals surface area contributed by atoms with Gasteiger partial charge in [-0.25, -0.2) is 0 Å². The van der Waals surface area contributed by atoms with Crippen LogP contribution in [0.15, 0.2) is 60.2 Å². The fourth-order valence-electron chi connectivity index (χ4n) is 2.48. The first kappa shape index (κ1) is 18.7. The van der Waals surface area contributed by atoms with Crippen LogP contribution < -0.4 is 10.1 Å². The molecule has 0 bridgehead atoms. The SMILES string of the molecule is CCOc1ccc(C#Cc2ccc(C(C)NC(=O)c3cncs3)cc2)cc1. The van der Waals surface area contributed by atoms with Crippen molar-refractivity contribution >= 4 is 17.2 Å². The minimum absolute atomic E-state index is 0.0901. The molecule has 0 fully saturated rings. The molecule has 1 amide bonds. The van der Waals surface area contributed by atoms with Crippen LogP contribution in [-0.4, -0.2) is 17.5 Å². The Morgan fingerprint density at radius 3 is 2.30 bits per heavy atom. The second-order valence-electron chi connectivity index (χ2n) is 5.89. The molecule has 0 spiro atoms. The zero-order valence-electron chi connectivity index (χ0n) is 15.2. The topological polar surface area (TPSA) is 51.2 Å². The van der Waals surface area contributed by atoms with Gasteiger partial charge in [-0.05, 0) is 55.8 Å². The first-order valence-corrected chi connectivity index (χ1v) is 9.58. The van der Waals surface area contributed by atoms with Crippen molar-refractivity contribution < 1.29 is 9.53 Å². The lowest BCUT2D eigenvalue weighted by atomic mass is 10.1. The quantitative estimate of drug-likeness (QED) is 0.670. The number of aromatic nitrogens is 1. The van der Waals surface area contributed by atoms with Crippen molar-refractivity contribution in [3.05, 3.63) is 81.8 Å². The van der Waals surface area contributed by atoms with Gasteiger partial charge >= 0.3 is 0 Å². The second-order valence-corrected chi connectivity index (χ2v) is 6.78. The fourth-order valence-corrected chi connectivity index (χ4v) is 3.00. The van der Waals surface area contributed by atoms with Crippen LogP contribution in [0.4, 0.5) is 0 Å². The van der Waals surface area contributed by atoms with Crippen molar-refractivity contribution in [3.8, 4) is 17.6 Å². The maximum Gasteiger partial charge on any atom is 0.263 e. The Labute approximate surface area is 163 Å². The van der Waals surface area contributed by atoms with Crippen LogP contribution in [0.5, 0.6) is 5.75 Å². The van der Waals surface area contributed by atoms with Crippen LogP contribution in [0.2, 0.25) is 0 Å². The molecule has 0 aliphatic carbocycles. The van der Waals surface area contributed by atoms with E-state index in [9.17, 15) is 4.79 Å². The summed E-state index contributed by atoms with van der Waals surface area (Å²) in [5.74, 6) is 7.05. The highest BCUT2D eigenvalue weighted by molar-refractivity contribution is 7.11. The highest BCUT2D eigenvalue weighted by Gasteiger charge is 2.12. The number of rotatable bonds is 5. The van der Waals surface area contributed by atoms with Crippen molar-refractivity contribution in [3.63, 3.8) is 0 Å². The summed E-state index contributed by atoms with van der Waals surface area (Å²) < 4.78 is 5.43. The second kappa shape index (κ2) is 9.02. The lowest BCUT2D eigenvalue weighted by molar-refractivity contribution is 0.0944. The Morgan fingerprint density at radius 2 is 1.74 bits per heavy atom. The summed E-state index contributed by atoms with van der Waals surface area (Å²) in [5, 5.41) is 2.98. The Bertz CT molecular complexity index is 937. The van der Waals surface area contributed by atoms with Gasteiger partial charge in [0.25, 0.3) is 5.91 Å². The van der Waals surface area contributed by atoms with E-state index in [1.807, 2.05) is 62.4 Å². The number of nitrogens with one attached hydrogen (secondary N) is 1. The van der Waals surface area contributed by atoms with Gasteiger partial charge in [0.2, 0.25) is 0 Å². The summed E-state index contributed by atoms with van der Waals surface area (Å²) in [6.45, 7) is 4.57. The number of hydrogen-bond donors (Lipinski definition) is 1. The highest BCUT2D eigenvalue weighted by Crippen LogP contribution is 2.15. The smallest absolute Gasteiger partial charge is 0.263 e. The molecule has 3 aromatic rings. The van der Waals surface area contributed by atoms with Gasteiger partial charge in [0.15, 0.2) is 0 Å². The summed E-state index contributed by atoms with van der Waals surface area (Å²) in [6.07, 6.45) is 1.58. The molecule has 1 heterocycles. The molecule has 136 valence electrons. The van der Waals surface area contributed by atoms with Gasteiger partial charge in [-0.1, -0.05) is 24.0 Å². The predicted octanol–water partition coefficient (Wildman–Crippen LogP) is 4.43. The van der Waals surface area contributed by atoms with Gasteiger partial charge in [0, 0.05) is 11.1 Å². The Morgan fingerprint density at radius 1 is 1.11 bits per heavy atom. The summed E-state index contributed by atoms with van der Waals surface area (Å²) >= 11 is 1.33. The number of carbonyl (C=O) groups excluding carboxylic acids is 1. The van der Waals surface area contributed by atoms with Crippen molar-refractivity contribution in [2.24, 2.45) is 0 Å². The Balaban J connectivity index is 1.62. The third-order valence-corrected chi connectivity index (χ3v) is 4.70. The molecule has 27 heavy (non-hydrogen) atoms. The summed E-state index contributed by atoms with van der Waals surface area (Å²) in [6, 6.07) is 15.5. The Hall–Kier alpha value is -3.10. The molecule has 4 nitrogen and oxygen atoms in total. The molecule has 0 saturated carbocycles. The van der Waals surface area contributed by atoms with E-state index in [0.29, 0.717) is 11.5 Å². The number of amides is 1. The van der Waals surface area contributed by atoms with E-state index in [1.165, 1.54) is 11.3 Å². The number of thiazole rings is 1. The van der Waals surface area contributed by atoms with Crippen LogP contribution in [0.3, 0.4) is 0 Å². The lowest BCUT2D eigenvalue weighted by Gasteiger charge is -2.13. The van der Waals surface area contributed by atoms with E-state index < -0.39 is 0 Å². The van der Waals surface area contributed by atoms with Gasteiger partial charge in [-0.3, -0.25) is 9.78 Å². The van der Waals surface area contributed by atoms with Crippen LogP contribution in [0, 0.1) is 11.8 Å². The summed E-state index contributed by atoms with van der Waals surface area (Å²) in [7, 11) is 0. The minimum Gasteiger partial charge on any atom is -0.494 e. The van der Waals surface area contributed by atoms with Crippen molar-refractivity contribution in [2.75, 3.05) is 6.61 Å². The normalized spacial score (nSPS) is 11.2. The standard InChI is InChI=1S/C22H20N2O2S/c1-3-26-20-12-8-18(9-13-20)5-4-17-6-10-19(11-7-17)16(2)24-22(25)21-14-23-15-27-21/h6-16H,3H2,1-2H3,(H,24,25). The maximum absolute atomic E-state index is 12.1. The highest BCUT2D eigenvalue weighted by atomic mass is 32.1. The first-order valence-electron chi connectivity index (χ1n) is 8.70. The molecule has 1 aromatic heterocycles. The molecular formula is C22H20N2O2S. The van der Waals surface area contributed by atoms with E-state index in [-0.39, 0.29) is 11.9 Å². The van der Waals surface area contributed by atoms with E-state index in [4.69, 9.17) is 4.74 Å². The molecule has 5 heteroatoms. The largest absolute Gasteiger partial charge is 0.494 e. The monoisotopic (exact) mass is 376 g/mol. The molecular weight excluding hydrogens is 356 g/mol. The van der Waals surface area contributed by atoms with Crippen molar-refractivity contribution in [1.82, 2.24) is 10.3 Å². The van der Waals surface area contributed by atoms with Gasteiger partial charge in [-0.2, -0.15) is 0 Å². The van der Waals surface area contributed by atoms with E-state index in [1.54, 1.807) is 11.7 Å². The maximum atomic E-state index is 12.1. The molecule has 0 radical (unpaired) electrons. The van der Waals surface area contributed by atoms with Crippen LogP contribution in [-0.2, 0) is 0 Å². The van der Waals surface area contributed by atoms with Crippen LogP contribution in [0.25, 0.3) is 0 Å². The third kappa shape index (κ3) is 5.19. The van der Waals surface area contributed by atoms with E-state index >= 15 is 0 Å². The number of benzene rings is 2. The summed E-state index contributed by atoms with van der Waals surface area (Å²) in [4.78, 5) is 16.6. The van der Waals surface area contributed by atoms with Crippen molar-refractivity contribution in [1.29, 1.82) is 0 Å². The number of hydrogen-bond acceptors (Lipinski definition) is 4. The van der Waals surface area contributed by atoms with Gasteiger partial charge in [0.05, 0.1) is 24.4 Å². The fraction of sp³-hybridized carbons (Fsp3) is 0.182. The molecule has 2 aromatic carbocycles. The average Bonchev–Trinajstić information content (AvgIpc) is 3.23. The van der Waals surface area contributed by atoms with Crippen LogP contribution >= 0.6 is 11.3 Å². The van der Waals surface area contributed by atoms with E-state index in [2.05, 4.69) is 22.1 Å². The predicted molar refractivity (Wildman–Crippen MR) is 108 cm³/mol. The van der Waals surface area contributed by atoms with Gasteiger partial charge in [-0.15, -0.1) is 11.3 Å². The van der Waals surface area contributed by atoms with Gasteiger partial charge in [0.1, 0.15) is 10.6 Å². The van der Waals surface area contributed by atoms with Crippen molar-refractivity contribution in [2.45, 2.75) is 19.9 Å². The minimum atomic E-state index is -0.107. The molecule has 1 N–H and O–H groups in total. The van der Waals surface area contributed by atoms with E-state index in [0.717, 1.165) is 22.4 Å². The molecule has 0 aliphatic heterocycles. The molecule has 1 atom stereocenters. The lowest BCUT2D eigenvalue weighted by Crippen LogP contribution is -2.25. The zero-order chi connectivity index (χ0) is 19.1. The van der Waals surface area contributed by atoms with Crippen LogP contribution in [0.1, 0.15) is 46.3 Å². The molecule has 3 rings (SSSR count). The Kier molecular flexibility index (Phi) is 6.24. The van der Waals surface area contributed by atoms with Gasteiger partial charge < -0.3 is 10.1 Å². The summed E-state index contributed by atoms with van der Waals surface area (Å²) in [5.41, 5.74) is 4.54. The number of nitrogens with zero attached hydrogens (tertiary/aromatic N) is 1. The number of ether oxygens (including phenoxy) is 1.